The van der Waals surface area contributed by atoms with Crippen LogP contribution in [0.25, 0.3) is 65.9 Å². The highest BCUT2D eigenvalue weighted by molar-refractivity contribution is 6.52. The van der Waals surface area contributed by atoms with Gasteiger partial charge in [-0.2, -0.15) is 5.26 Å². The molecule has 10 aromatic rings. The normalized spacial score (nSPS) is 17.6. The van der Waals surface area contributed by atoms with E-state index in [1.807, 2.05) is 48.5 Å². The zero-order valence-corrected chi connectivity index (χ0v) is 51.4. The van der Waals surface area contributed by atoms with Crippen molar-refractivity contribution in [2.24, 2.45) is 0 Å². The van der Waals surface area contributed by atoms with Crippen molar-refractivity contribution in [2.45, 2.75) is 123 Å². The van der Waals surface area contributed by atoms with E-state index >= 15 is 0 Å². The SMILES string of the molecule is C.N#CN1CCCC1.O=C1NC(=O)C2=C1c1cn(c3ccccc13)CCCc1cc(nc(N3CCCC3)c1)CCCn1cc2c2ccccc21.O=C1NC(=O)C2=C1c1cn(c3ccccc13)CCCc1ccc(c(N3CCCC3)n1)CCCn1cc2c2ccccc21. The summed E-state index contributed by atoms with van der Waals surface area (Å²) in [4.78, 5) is 70.8. The molecule has 8 aliphatic heterocycles. The number of amides is 4. The fourth-order valence-corrected chi connectivity index (χ4v) is 15.1. The van der Waals surface area contributed by atoms with Gasteiger partial charge >= 0.3 is 0 Å². The largest absolute Gasteiger partial charge is 0.357 e. The molecule has 3 saturated heterocycles. The van der Waals surface area contributed by atoms with Crippen LogP contribution in [0.4, 0.5) is 11.6 Å². The van der Waals surface area contributed by atoms with Gasteiger partial charge in [-0.15, -0.1) is 0 Å². The summed E-state index contributed by atoms with van der Waals surface area (Å²) in [6.07, 6.45) is 25.1. The first-order valence-electron chi connectivity index (χ1n) is 32.9. The van der Waals surface area contributed by atoms with Crippen LogP contribution in [-0.4, -0.2) is 96.0 Å². The molecule has 0 saturated carbocycles. The quantitative estimate of drug-likeness (QED) is 0.125. The third kappa shape index (κ3) is 11.3. The molecule has 6 aromatic heterocycles. The Morgan fingerprint density at radius 1 is 0.380 bits per heavy atom. The summed E-state index contributed by atoms with van der Waals surface area (Å²) in [5.74, 6) is 0.957. The Kier molecular flexibility index (Phi) is 16.7. The van der Waals surface area contributed by atoms with Crippen LogP contribution in [0.1, 0.15) is 116 Å². The van der Waals surface area contributed by atoms with Gasteiger partial charge in [-0.1, -0.05) is 86.3 Å². The van der Waals surface area contributed by atoms with Gasteiger partial charge in [-0.05, 0) is 143 Å². The predicted octanol–water partition coefficient (Wildman–Crippen LogP) is 12.7. The van der Waals surface area contributed by atoms with Gasteiger partial charge in [-0.3, -0.25) is 29.8 Å². The predicted molar refractivity (Wildman–Crippen MR) is 365 cm³/mol. The number of nitrogens with one attached hydrogen (secondary N) is 2. The Morgan fingerprint density at radius 3 is 1.18 bits per heavy atom. The highest BCUT2D eigenvalue weighted by atomic mass is 16.2. The number of carbonyl (C=O) groups is 4. The smallest absolute Gasteiger partial charge is 0.259 e. The van der Waals surface area contributed by atoms with Crippen LogP contribution in [0.5, 0.6) is 0 Å². The van der Waals surface area contributed by atoms with Gasteiger partial charge in [0.25, 0.3) is 23.6 Å². The molecule has 0 radical (unpaired) electrons. The monoisotopic (exact) mass is 1220 g/mol. The number of nitriles is 1. The first-order chi connectivity index (χ1) is 44.7. The Labute approximate surface area is 536 Å². The second kappa shape index (κ2) is 25.7. The number of anilines is 2. The number of para-hydroxylation sites is 4. The minimum atomic E-state index is -0.331. The van der Waals surface area contributed by atoms with Gasteiger partial charge in [0.2, 0.25) is 0 Å². The van der Waals surface area contributed by atoms with Crippen molar-refractivity contribution in [3.8, 4) is 6.19 Å². The molecule has 466 valence electrons. The van der Waals surface area contributed by atoms with Gasteiger partial charge in [0.15, 0.2) is 6.19 Å². The molecule has 0 unspecified atom stereocenters. The Hall–Kier alpha value is -10.0. The lowest BCUT2D eigenvalue weighted by Crippen LogP contribution is -2.22. The molecule has 0 aliphatic carbocycles. The molecule has 16 nitrogen and oxygen atoms in total. The van der Waals surface area contributed by atoms with Gasteiger partial charge in [0.05, 0.1) is 22.3 Å². The number of benzene rings is 4. The van der Waals surface area contributed by atoms with Crippen LogP contribution in [0.3, 0.4) is 0 Å². The standard InChI is InChI=1S/2C35H33N5O2.C5H8N2.CH4/c41-34-31-27-21-39(29-13-3-1-11-25(27)29)19-7-9-23-15-16-24(36-33(23)38-17-5-6-18-38)10-8-20-40-22-28(32(31)35(42)37-34)26-12-2-4-14-30(26)40;41-34-32-27-21-39(29-13-3-1-11-25(27)29)17-7-9-23-19-24(36-31(20-23)38-15-5-6-16-38)10-8-18-40-22-28(33(32)35(42)37-34)26-12-2-4-14-30(26)40;6-5-7-3-1-2-4-7;/h1-4,11-16,21-22H,5-10,17-20H2,(H,37,41,42);1-4,11-14,19-22H,5-10,15-18H2,(H,37,41,42);1-4H2;1H4. The molecular formula is C76H78N12O4. The first kappa shape index (κ1) is 59.6. The van der Waals surface area contributed by atoms with Gasteiger partial charge in [0.1, 0.15) is 11.6 Å². The molecule has 0 atom stereocenters. The number of nitrogens with zero attached hydrogens (tertiary/aromatic N) is 10. The average molecular weight is 1220 g/mol. The van der Waals surface area contributed by atoms with Crippen molar-refractivity contribution in [3.05, 3.63) is 191 Å². The highest BCUT2D eigenvalue weighted by Crippen LogP contribution is 2.42. The van der Waals surface area contributed by atoms with Crippen molar-refractivity contribution in [2.75, 3.05) is 49.1 Å². The summed E-state index contributed by atoms with van der Waals surface area (Å²) in [5.41, 5.74) is 14.3. The highest BCUT2D eigenvalue weighted by Gasteiger charge is 2.37. The van der Waals surface area contributed by atoms with E-state index in [1.165, 1.54) is 49.7 Å². The Morgan fingerprint density at radius 2 is 0.761 bits per heavy atom. The van der Waals surface area contributed by atoms with Gasteiger partial charge < -0.3 is 33.0 Å². The lowest BCUT2D eigenvalue weighted by Gasteiger charge is -2.21. The van der Waals surface area contributed by atoms with E-state index in [0.29, 0.717) is 22.3 Å². The van der Waals surface area contributed by atoms with E-state index in [1.54, 1.807) is 4.90 Å². The molecule has 92 heavy (non-hydrogen) atoms. The lowest BCUT2D eigenvalue weighted by atomic mass is 9.95. The number of aryl methyl sites for hydroxylation is 8. The van der Waals surface area contributed by atoms with Crippen molar-refractivity contribution in [1.82, 2.24) is 43.8 Å². The van der Waals surface area contributed by atoms with E-state index in [-0.39, 0.29) is 31.1 Å². The van der Waals surface area contributed by atoms with Crippen LogP contribution in [0.2, 0.25) is 0 Å². The van der Waals surface area contributed by atoms with E-state index in [0.717, 1.165) is 206 Å². The molecule has 2 N–H and O–H groups in total. The number of hydrogen-bond acceptors (Lipinski definition) is 10. The number of likely N-dealkylation sites (tertiary alicyclic amines) is 1. The topological polar surface area (TPSA) is 171 Å². The molecule has 14 heterocycles. The van der Waals surface area contributed by atoms with E-state index < -0.39 is 0 Å². The minimum Gasteiger partial charge on any atom is -0.357 e. The maximum Gasteiger partial charge on any atom is 0.259 e. The van der Waals surface area contributed by atoms with Crippen LogP contribution in [-0.2, 0) is 71.0 Å². The number of aromatic nitrogens is 6. The Bertz CT molecular complexity index is 4500. The zero-order valence-electron chi connectivity index (χ0n) is 51.4. The number of carbonyl (C=O) groups excluding carboxylic acids is 4. The molecule has 18 rings (SSSR count). The summed E-state index contributed by atoms with van der Waals surface area (Å²) >= 11 is 0. The van der Waals surface area contributed by atoms with E-state index in [4.69, 9.17) is 15.2 Å². The third-order valence-electron chi connectivity index (χ3n) is 19.5. The van der Waals surface area contributed by atoms with Crippen LogP contribution < -0.4 is 20.4 Å². The fraction of sp³-hybridized carbons (Fsp3) is 0.329. The minimum absolute atomic E-state index is 0. The van der Waals surface area contributed by atoms with Crippen molar-refractivity contribution >= 4 is 101 Å². The Balaban J connectivity index is 0.000000143. The van der Waals surface area contributed by atoms with Gasteiger partial charge in [-0.25, -0.2) is 9.97 Å². The van der Waals surface area contributed by atoms with E-state index in [2.05, 4.69) is 142 Å². The molecular weight excluding hydrogens is 1140 g/mol. The molecule has 3 fully saturated rings. The number of imide groups is 2. The number of rotatable bonds is 2. The maximum absolute atomic E-state index is 13.5. The molecule has 4 amide bonds. The fourth-order valence-electron chi connectivity index (χ4n) is 15.1. The molecule has 0 spiro atoms. The summed E-state index contributed by atoms with van der Waals surface area (Å²) in [6, 6.07) is 41.9. The molecule has 12 bridgehead atoms. The number of fused-ring (bicyclic) bond motifs is 22. The van der Waals surface area contributed by atoms with Crippen molar-refractivity contribution in [1.29, 1.82) is 5.26 Å². The molecule has 4 aromatic carbocycles. The van der Waals surface area contributed by atoms with Gasteiger partial charge in [0, 0.05) is 167 Å². The maximum atomic E-state index is 13.5. The van der Waals surface area contributed by atoms with Crippen LogP contribution >= 0.6 is 0 Å². The average Bonchev–Trinajstić information content (AvgIpc) is 1.93. The number of pyridine rings is 2. The summed E-state index contributed by atoms with van der Waals surface area (Å²) in [6.45, 7) is 9.48. The summed E-state index contributed by atoms with van der Waals surface area (Å²) < 4.78 is 8.96. The first-order valence-corrected chi connectivity index (χ1v) is 32.9. The second-order valence-electron chi connectivity index (χ2n) is 25.3. The number of hydrogen-bond donors (Lipinski definition) is 2. The molecule has 16 heteroatoms. The van der Waals surface area contributed by atoms with E-state index in [9.17, 15) is 19.2 Å². The summed E-state index contributed by atoms with van der Waals surface area (Å²) in [7, 11) is 0. The van der Waals surface area contributed by atoms with Crippen LogP contribution in [0, 0.1) is 11.5 Å². The summed E-state index contributed by atoms with van der Waals surface area (Å²) in [5, 5.41) is 17.4. The van der Waals surface area contributed by atoms with Crippen LogP contribution in [0.15, 0.2) is 146 Å². The zero-order chi connectivity index (χ0) is 61.5. The molecule has 8 aliphatic rings. The lowest BCUT2D eigenvalue weighted by molar-refractivity contribution is -0.124. The third-order valence-corrected chi connectivity index (χ3v) is 19.5. The second-order valence-corrected chi connectivity index (χ2v) is 25.3. The van der Waals surface area contributed by atoms with Crippen molar-refractivity contribution < 1.29 is 19.2 Å². The van der Waals surface area contributed by atoms with Crippen molar-refractivity contribution in [3.63, 3.8) is 0 Å².